The molecular formula is C19H26N2O3S. The van der Waals surface area contributed by atoms with Gasteiger partial charge in [-0.2, -0.15) is 0 Å². The molecule has 0 spiro atoms. The number of rotatable bonds is 10. The van der Waals surface area contributed by atoms with Crippen LogP contribution >= 0.6 is 0 Å². The van der Waals surface area contributed by atoms with Gasteiger partial charge in [0.25, 0.3) is 0 Å². The highest BCUT2D eigenvalue weighted by atomic mass is 32.2. The lowest BCUT2D eigenvalue weighted by Crippen LogP contribution is -2.29. The minimum Gasteiger partial charge on any atom is -0.377 e. The summed E-state index contributed by atoms with van der Waals surface area (Å²) in [6.07, 6.45) is 0.475. The van der Waals surface area contributed by atoms with Gasteiger partial charge in [0.15, 0.2) is 0 Å². The van der Waals surface area contributed by atoms with Gasteiger partial charge >= 0.3 is 0 Å². The van der Waals surface area contributed by atoms with E-state index in [-0.39, 0.29) is 5.75 Å². The maximum atomic E-state index is 12.4. The molecule has 0 aliphatic rings. The predicted molar refractivity (Wildman–Crippen MR) is 100 cm³/mol. The Labute approximate surface area is 150 Å². The van der Waals surface area contributed by atoms with Crippen molar-refractivity contribution in [2.75, 3.05) is 19.4 Å². The van der Waals surface area contributed by atoms with Crippen molar-refractivity contribution in [3.8, 4) is 0 Å². The van der Waals surface area contributed by atoms with E-state index in [9.17, 15) is 8.42 Å². The molecule has 5 nitrogen and oxygen atoms in total. The van der Waals surface area contributed by atoms with Gasteiger partial charge in [-0.25, -0.2) is 12.7 Å². The molecule has 2 rings (SSSR count). The summed E-state index contributed by atoms with van der Waals surface area (Å²) in [5.41, 5.74) is 8.65. The number of hydrogen-bond acceptors (Lipinski definition) is 4. The van der Waals surface area contributed by atoms with E-state index >= 15 is 0 Å². The fourth-order valence-corrected chi connectivity index (χ4v) is 3.61. The number of nitrogens with two attached hydrogens (primary N) is 1. The lowest BCUT2D eigenvalue weighted by Gasteiger charge is -2.17. The molecule has 0 saturated heterocycles. The third kappa shape index (κ3) is 6.59. The molecule has 0 radical (unpaired) electrons. The standard InChI is InChI=1S/C19H26N2O3S/c1-21(15-19-10-5-9-18(13-19)14-20)25(22,23)12-6-11-24-16-17-7-3-2-4-8-17/h2-5,7-10,13H,6,11-12,14-16,20H2,1H3. The van der Waals surface area contributed by atoms with E-state index in [1.165, 1.54) is 4.31 Å². The summed E-state index contributed by atoms with van der Waals surface area (Å²) < 4.78 is 31.7. The molecule has 0 aromatic heterocycles. The minimum absolute atomic E-state index is 0.0782. The van der Waals surface area contributed by atoms with Gasteiger partial charge in [-0.15, -0.1) is 0 Å². The Balaban J connectivity index is 1.76. The van der Waals surface area contributed by atoms with Gasteiger partial charge in [-0.05, 0) is 23.1 Å². The second-order valence-electron chi connectivity index (χ2n) is 5.99. The van der Waals surface area contributed by atoms with Crippen LogP contribution < -0.4 is 5.73 Å². The van der Waals surface area contributed by atoms with E-state index in [0.717, 1.165) is 16.7 Å². The van der Waals surface area contributed by atoms with Crippen LogP contribution in [0.3, 0.4) is 0 Å². The fourth-order valence-electron chi connectivity index (χ4n) is 2.47. The second-order valence-corrected chi connectivity index (χ2v) is 8.18. The number of ether oxygens (including phenoxy) is 1. The largest absolute Gasteiger partial charge is 0.377 e. The van der Waals surface area contributed by atoms with E-state index < -0.39 is 10.0 Å². The maximum absolute atomic E-state index is 12.4. The summed E-state index contributed by atoms with van der Waals surface area (Å²) in [7, 11) is -1.69. The van der Waals surface area contributed by atoms with Crippen LogP contribution in [0.4, 0.5) is 0 Å². The molecule has 0 aliphatic heterocycles. The van der Waals surface area contributed by atoms with Crippen molar-refractivity contribution in [2.45, 2.75) is 26.1 Å². The predicted octanol–water partition coefficient (Wildman–Crippen LogP) is 2.51. The van der Waals surface area contributed by atoms with Crippen LogP contribution in [0.2, 0.25) is 0 Å². The number of benzene rings is 2. The lowest BCUT2D eigenvalue weighted by molar-refractivity contribution is 0.121. The molecule has 0 unspecified atom stereocenters. The summed E-state index contributed by atoms with van der Waals surface area (Å²) in [6, 6.07) is 17.5. The van der Waals surface area contributed by atoms with Gasteiger partial charge in [0, 0.05) is 26.7 Å². The zero-order valence-electron chi connectivity index (χ0n) is 14.6. The van der Waals surface area contributed by atoms with Crippen LogP contribution in [0.1, 0.15) is 23.1 Å². The average molecular weight is 362 g/mol. The number of hydrogen-bond donors (Lipinski definition) is 1. The normalized spacial score (nSPS) is 11.8. The zero-order valence-corrected chi connectivity index (χ0v) is 15.4. The number of sulfonamides is 1. The third-order valence-corrected chi connectivity index (χ3v) is 5.79. The van der Waals surface area contributed by atoms with Gasteiger partial charge in [0.1, 0.15) is 0 Å². The topological polar surface area (TPSA) is 72.6 Å². The van der Waals surface area contributed by atoms with Gasteiger partial charge < -0.3 is 10.5 Å². The minimum atomic E-state index is -3.30. The smallest absolute Gasteiger partial charge is 0.214 e. The molecule has 2 aromatic rings. The summed E-state index contributed by atoms with van der Waals surface area (Å²) in [4.78, 5) is 0. The van der Waals surface area contributed by atoms with Crippen LogP contribution in [-0.4, -0.2) is 32.1 Å². The van der Waals surface area contributed by atoms with Crippen molar-refractivity contribution in [3.05, 3.63) is 71.3 Å². The quantitative estimate of drug-likeness (QED) is 0.659. The monoisotopic (exact) mass is 362 g/mol. The molecule has 0 atom stereocenters. The highest BCUT2D eigenvalue weighted by molar-refractivity contribution is 7.89. The summed E-state index contributed by atoms with van der Waals surface area (Å²) >= 11 is 0. The second kappa shape index (κ2) is 9.68. The van der Waals surface area contributed by atoms with E-state index in [1.807, 2.05) is 54.6 Å². The molecule has 6 heteroatoms. The fraction of sp³-hybridized carbons (Fsp3) is 0.368. The molecule has 0 fully saturated rings. The van der Waals surface area contributed by atoms with Crippen molar-refractivity contribution in [1.82, 2.24) is 4.31 Å². The summed E-state index contributed by atoms with van der Waals surface area (Å²) in [6.45, 7) is 1.72. The summed E-state index contributed by atoms with van der Waals surface area (Å²) in [5.74, 6) is 0.0782. The Kier molecular flexibility index (Phi) is 7.58. The van der Waals surface area contributed by atoms with Gasteiger partial charge in [0.05, 0.1) is 12.4 Å². The van der Waals surface area contributed by atoms with E-state index in [2.05, 4.69) is 0 Å². The molecule has 0 amide bonds. The Morgan fingerprint density at radius 2 is 1.68 bits per heavy atom. The van der Waals surface area contributed by atoms with Gasteiger partial charge in [0.2, 0.25) is 10.0 Å². The maximum Gasteiger partial charge on any atom is 0.214 e. The van der Waals surface area contributed by atoms with E-state index in [1.54, 1.807) is 7.05 Å². The van der Waals surface area contributed by atoms with Crippen LogP contribution in [0.5, 0.6) is 0 Å². The van der Waals surface area contributed by atoms with Crippen LogP contribution in [0, 0.1) is 0 Å². The Hall–Kier alpha value is -1.73. The zero-order chi connectivity index (χ0) is 18.1. The first-order valence-electron chi connectivity index (χ1n) is 8.35. The number of nitrogens with zero attached hydrogens (tertiary/aromatic N) is 1. The SMILES string of the molecule is CN(Cc1cccc(CN)c1)S(=O)(=O)CCCOCc1ccccc1. The van der Waals surface area contributed by atoms with Crippen LogP contribution in [-0.2, 0) is 34.5 Å². The molecule has 136 valence electrons. The first-order chi connectivity index (χ1) is 12.0. The van der Waals surface area contributed by atoms with Crippen LogP contribution in [0.25, 0.3) is 0 Å². The third-order valence-electron chi connectivity index (χ3n) is 3.91. The molecule has 0 saturated carbocycles. The lowest BCUT2D eigenvalue weighted by atomic mass is 10.1. The Bertz CT molecular complexity index is 748. The van der Waals surface area contributed by atoms with Crippen molar-refractivity contribution >= 4 is 10.0 Å². The molecule has 0 bridgehead atoms. The van der Waals surface area contributed by atoms with Crippen molar-refractivity contribution in [2.24, 2.45) is 5.73 Å². The van der Waals surface area contributed by atoms with Crippen LogP contribution in [0.15, 0.2) is 54.6 Å². The molecular weight excluding hydrogens is 336 g/mol. The van der Waals surface area contributed by atoms with Crippen molar-refractivity contribution in [3.63, 3.8) is 0 Å². The Morgan fingerprint density at radius 3 is 2.40 bits per heavy atom. The first-order valence-corrected chi connectivity index (χ1v) is 9.96. The van der Waals surface area contributed by atoms with Gasteiger partial charge in [-0.1, -0.05) is 54.6 Å². The molecule has 2 aromatic carbocycles. The highest BCUT2D eigenvalue weighted by Crippen LogP contribution is 2.11. The molecule has 0 aliphatic carbocycles. The first kappa shape index (κ1) is 19.6. The van der Waals surface area contributed by atoms with E-state index in [0.29, 0.717) is 32.7 Å². The molecule has 0 heterocycles. The van der Waals surface area contributed by atoms with Crippen molar-refractivity contribution in [1.29, 1.82) is 0 Å². The highest BCUT2D eigenvalue weighted by Gasteiger charge is 2.17. The average Bonchev–Trinajstić information content (AvgIpc) is 2.62. The van der Waals surface area contributed by atoms with E-state index in [4.69, 9.17) is 10.5 Å². The molecule has 25 heavy (non-hydrogen) atoms. The Morgan fingerprint density at radius 1 is 1.00 bits per heavy atom. The van der Waals surface area contributed by atoms with Gasteiger partial charge in [-0.3, -0.25) is 0 Å². The summed E-state index contributed by atoms with van der Waals surface area (Å²) in [5, 5.41) is 0. The molecule has 2 N–H and O–H groups in total. The van der Waals surface area contributed by atoms with Crippen molar-refractivity contribution < 1.29 is 13.2 Å².